The Morgan fingerprint density at radius 3 is 2.76 bits per heavy atom. The fourth-order valence-corrected chi connectivity index (χ4v) is 3.38. The van der Waals surface area contributed by atoms with E-state index in [1.807, 2.05) is 6.92 Å². The maximum atomic E-state index is 12.0. The van der Waals surface area contributed by atoms with Crippen LogP contribution in [0.1, 0.15) is 5.56 Å². The summed E-state index contributed by atoms with van der Waals surface area (Å²) < 4.78 is 27.0. The Morgan fingerprint density at radius 2 is 2.18 bits per heavy atom. The number of halogens is 1. The highest BCUT2D eigenvalue weighted by atomic mass is 79.9. The molecule has 0 bridgehead atoms. The second-order valence-electron chi connectivity index (χ2n) is 3.26. The molecule has 0 saturated heterocycles. The standard InChI is InChI=1S/C9H8BrN3O2S2/c1-6-2-3-7(4-8(6)10)17(14,15)13-9-12-11-5-16-9/h2-5H,1H3,(H,12,13). The van der Waals surface area contributed by atoms with E-state index in [2.05, 4.69) is 30.8 Å². The van der Waals surface area contributed by atoms with Crippen LogP contribution in [-0.2, 0) is 10.0 Å². The van der Waals surface area contributed by atoms with Crippen molar-refractivity contribution in [3.8, 4) is 0 Å². The summed E-state index contributed by atoms with van der Waals surface area (Å²) in [5.74, 6) is 0. The maximum absolute atomic E-state index is 12.0. The molecule has 1 heterocycles. The lowest BCUT2D eigenvalue weighted by atomic mass is 10.2. The first-order valence-electron chi connectivity index (χ1n) is 4.54. The summed E-state index contributed by atoms with van der Waals surface area (Å²) in [6.07, 6.45) is 0. The first-order chi connectivity index (χ1) is 7.99. The summed E-state index contributed by atoms with van der Waals surface area (Å²) in [5, 5.41) is 7.45. The maximum Gasteiger partial charge on any atom is 0.263 e. The van der Waals surface area contributed by atoms with E-state index in [4.69, 9.17) is 0 Å². The van der Waals surface area contributed by atoms with Gasteiger partial charge in [0.1, 0.15) is 5.51 Å². The second kappa shape index (κ2) is 4.71. The Labute approximate surface area is 111 Å². The lowest BCUT2D eigenvalue weighted by molar-refractivity contribution is 0.601. The van der Waals surface area contributed by atoms with E-state index in [-0.39, 0.29) is 10.0 Å². The van der Waals surface area contributed by atoms with E-state index >= 15 is 0 Å². The van der Waals surface area contributed by atoms with E-state index in [0.717, 1.165) is 21.4 Å². The third-order valence-corrected chi connectivity index (χ3v) is 4.96. The Kier molecular flexibility index (Phi) is 3.45. The van der Waals surface area contributed by atoms with Gasteiger partial charge < -0.3 is 0 Å². The minimum absolute atomic E-state index is 0.185. The van der Waals surface area contributed by atoms with Crippen molar-refractivity contribution in [3.63, 3.8) is 0 Å². The number of anilines is 1. The number of rotatable bonds is 3. The van der Waals surface area contributed by atoms with Gasteiger partial charge in [-0.05, 0) is 24.6 Å². The summed E-state index contributed by atoms with van der Waals surface area (Å²) in [7, 11) is -3.59. The predicted molar refractivity (Wildman–Crippen MR) is 69.6 cm³/mol. The molecule has 0 saturated carbocycles. The quantitative estimate of drug-likeness (QED) is 0.936. The Balaban J connectivity index is 2.35. The fourth-order valence-electron chi connectivity index (χ4n) is 1.13. The molecule has 2 aromatic rings. The molecule has 2 rings (SSSR count). The first kappa shape index (κ1) is 12.5. The van der Waals surface area contributed by atoms with E-state index in [1.165, 1.54) is 5.51 Å². The highest BCUT2D eigenvalue weighted by Crippen LogP contribution is 2.22. The highest BCUT2D eigenvalue weighted by Gasteiger charge is 2.16. The summed E-state index contributed by atoms with van der Waals surface area (Å²) >= 11 is 4.43. The van der Waals surface area contributed by atoms with Crippen molar-refractivity contribution >= 4 is 42.4 Å². The predicted octanol–water partition coefficient (Wildman–Crippen LogP) is 2.41. The van der Waals surface area contributed by atoms with Gasteiger partial charge in [0.15, 0.2) is 0 Å². The van der Waals surface area contributed by atoms with E-state index < -0.39 is 10.0 Å². The Bertz CT molecular complexity index is 626. The number of sulfonamides is 1. The molecule has 5 nitrogen and oxygen atoms in total. The van der Waals surface area contributed by atoms with Crippen LogP contribution in [0.4, 0.5) is 5.13 Å². The summed E-state index contributed by atoms with van der Waals surface area (Å²) in [6, 6.07) is 4.83. The lowest BCUT2D eigenvalue weighted by Crippen LogP contribution is -2.12. The van der Waals surface area contributed by atoms with Gasteiger partial charge >= 0.3 is 0 Å². The molecule has 90 valence electrons. The molecule has 0 aliphatic carbocycles. The third kappa shape index (κ3) is 2.82. The van der Waals surface area contributed by atoms with Crippen molar-refractivity contribution in [2.75, 3.05) is 4.72 Å². The van der Waals surface area contributed by atoms with Crippen LogP contribution in [0.2, 0.25) is 0 Å². The largest absolute Gasteiger partial charge is 0.263 e. The molecule has 1 N–H and O–H groups in total. The van der Waals surface area contributed by atoms with Crippen LogP contribution >= 0.6 is 27.3 Å². The van der Waals surface area contributed by atoms with Crippen LogP contribution in [0.5, 0.6) is 0 Å². The van der Waals surface area contributed by atoms with Crippen molar-refractivity contribution in [3.05, 3.63) is 33.7 Å². The SMILES string of the molecule is Cc1ccc(S(=O)(=O)Nc2nncs2)cc1Br. The van der Waals surface area contributed by atoms with Crippen LogP contribution in [-0.4, -0.2) is 18.6 Å². The molecule has 0 aliphatic heterocycles. The summed E-state index contributed by atoms with van der Waals surface area (Å²) in [4.78, 5) is 0.185. The normalized spacial score (nSPS) is 11.4. The number of benzene rings is 1. The lowest BCUT2D eigenvalue weighted by Gasteiger charge is -2.06. The minimum atomic E-state index is -3.59. The zero-order chi connectivity index (χ0) is 12.5. The Morgan fingerprint density at radius 1 is 1.41 bits per heavy atom. The zero-order valence-corrected chi connectivity index (χ0v) is 11.9. The minimum Gasteiger partial charge on any atom is -0.253 e. The highest BCUT2D eigenvalue weighted by molar-refractivity contribution is 9.10. The molecule has 17 heavy (non-hydrogen) atoms. The topological polar surface area (TPSA) is 72.0 Å². The Hall–Kier alpha value is -0.990. The van der Waals surface area contributed by atoms with Gasteiger partial charge in [0, 0.05) is 4.47 Å². The van der Waals surface area contributed by atoms with Crippen LogP contribution in [0.3, 0.4) is 0 Å². The van der Waals surface area contributed by atoms with Gasteiger partial charge in [-0.3, -0.25) is 4.72 Å². The van der Waals surface area contributed by atoms with Crippen LogP contribution in [0.15, 0.2) is 33.1 Å². The van der Waals surface area contributed by atoms with Crippen molar-refractivity contribution < 1.29 is 8.42 Å². The number of hydrogen-bond acceptors (Lipinski definition) is 5. The van der Waals surface area contributed by atoms with Crippen LogP contribution in [0, 0.1) is 6.92 Å². The molecule has 0 unspecified atom stereocenters. The van der Waals surface area contributed by atoms with Gasteiger partial charge in [0.2, 0.25) is 5.13 Å². The third-order valence-electron chi connectivity index (χ3n) is 2.04. The van der Waals surface area contributed by atoms with Crippen LogP contribution in [0.25, 0.3) is 0 Å². The van der Waals surface area contributed by atoms with Gasteiger partial charge in [-0.15, -0.1) is 10.2 Å². The number of aromatic nitrogens is 2. The molecule has 1 aromatic carbocycles. The average molecular weight is 334 g/mol. The zero-order valence-electron chi connectivity index (χ0n) is 8.71. The number of nitrogens with zero attached hydrogens (tertiary/aromatic N) is 2. The van der Waals surface area contributed by atoms with Crippen molar-refractivity contribution in [1.29, 1.82) is 0 Å². The molecule has 0 fully saturated rings. The molecule has 8 heteroatoms. The van der Waals surface area contributed by atoms with E-state index in [9.17, 15) is 8.42 Å². The van der Waals surface area contributed by atoms with Crippen molar-refractivity contribution in [2.24, 2.45) is 0 Å². The number of nitrogens with one attached hydrogen (secondary N) is 1. The fraction of sp³-hybridized carbons (Fsp3) is 0.111. The molecule has 0 radical (unpaired) electrons. The van der Waals surface area contributed by atoms with Gasteiger partial charge in [-0.2, -0.15) is 0 Å². The van der Waals surface area contributed by atoms with Crippen LogP contribution < -0.4 is 4.72 Å². The first-order valence-corrected chi connectivity index (χ1v) is 7.70. The molecule has 0 atom stereocenters. The number of aryl methyl sites for hydroxylation is 1. The van der Waals surface area contributed by atoms with Gasteiger partial charge in [-0.25, -0.2) is 8.42 Å². The molecule has 0 amide bonds. The molecule has 1 aromatic heterocycles. The molecule has 0 spiro atoms. The van der Waals surface area contributed by atoms with Gasteiger partial charge in [-0.1, -0.05) is 33.3 Å². The summed E-state index contributed by atoms with van der Waals surface area (Å²) in [5.41, 5.74) is 2.43. The molecular formula is C9H8BrN3O2S2. The monoisotopic (exact) mass is 333 g/mol. The van der Waals surface area contributed by atoms with Gasteiger partial charge in [0.05, 0.1) is 4.90 Å². The van der Waals surface area contributed by atoms with Gasteiger partial charge in [0.25, 0.3) is 10.0 Å². The second-order valence-corrected chi connectivity index (χ2v) is 6.63. The summed E-state index contributed by atoms with van der Waals surface area (Å²) in [6.45, 7) is 1.89. The van der Waals surface area contributed by atoms with E-state index in [1.54, 1.807) is 18.2 Å². The molecular weight excluding hydrogens is 326 g/mol. The van der Waals surface area contributed by atoms with E-state index in [0.29, 0.717) is 0 Å². The molecule has 0 aliphatic rings. The average Bonchev–Trinajstić information content (AvgIpc) is 2.73. The van der Waals surface area contributed by atoms with Crippen molar-refractivity contribution in [1.82, 2.24) is 10.2 Å². The smallest absolute Gasteiger partial charge is 0.253 e. The number of hydrogen-bond donors (Lipinski definition) is 1. The van der Waals surface area contributed by atoms with Crippen molar-refractivity contribution in [2.45, 2.75) is 11.8 Å².